The van der Waals surface area contributed by atoms with E-state index >= 15 is 0 Å². The average molecular weight is 491 g/mol. The zero-order valence-electron chi connectivity index (χ0n) is 20.1. The van der Waals surface area contributed by atoms with Crippen molar-refractivity contribution < 1.29 is 4.39 Å². The lowest BCUT2D eigenvalue weighted by Gasteiger charge is -2.09. The average Bonchev–Trinajstić information content (AvgIpc) is 3.52. The summed E-state index contributed by atoms with van der Waals surface area (Å²) in [6, 6.07) is 10.4. The van der Waals surface area contributed by atoms with Crippen LogP contribution in [-0.4, -0.2) is 35.1 Å². The molecule has 0 aliphatic carbocycles. The summed E-state index contributed by atoms with van der Waals surface area (Å²) in [5.41, 5.74) is 7.72. The first-order valence-corrected chi connectivity index (χ1v) is 11.9. The molecule has 0 amide bonds. The molecule has 0 spiro atoms. The molecular weight excluding hydrogens is 467 g/mol. The predicted octanol–water partition coefficient (Wildman–Crippen LogP) is 6.49. The molecule has 9 heteroatoms. The van der Waals surface area contributed by atoms with Gasteiger partial charge in [-0.05, 0) is 36.2 Å². The molecule has 0 unspecified atom stereocenters. The van der Waals surface area contributed by atoms with Crippen molar-refractivity contribution in [1.29, 1.82) is 0 Å². The molecule has 0 fully saturated rings. The van der Waals surface area contributed by atoms with Gasteiger partial charge in [0.15, 0.2) is 5.82 Å². The Morgan fingerprint density at radius 1 is 1.00 bits per heavy atom. The molecule has 0 atom stereocenters. The van der Waals surface area contributed by atoms with Crippen LogP contribution in [0, 0.1) is 5.82 Å². The van der Waals surface area contributed by atoms with Gasteiger partial charge in [-0.25, -0.2) is 9.37 Å². The van der Waals surface area contributed by atoms with Gasteiger partial charge in [-0.1, -0.05) is 32.1 Å². The van der Waals surface area contributed by atoms with Crippen LogP contribution in [0.15, 0.2) is 79.7 Å². The summed E-state index contributed by atoms with van der Waals surface area (Å²) in [7, 11) is 0. The zero-order chi connectivity index (χ0) is 25.4. The Morgan fingerprint density at radius 2 is 1.89 bits per heavy atom. The quantitative estimate of drug-likeness (QED) is 0.236. The SMILES string of the molecule is C=C(CCC)Nc1cncc(-c2cc3c(-c4nc5c(-c6cccc(F)c6)cncc5[nH]4)n[nH]c3cn2)c1. The van der Waals surface area contributed by atoms with Crippen LogP contribution in [0.4, 0.5) is 10.1 Å². The largest absolute Gasteiger partial charge is 0.358 e. The van der Waals surface area contributed by atoms with E-state index in [-0.39, 0.29) is 5.82 Å². The van der Waals surface area contributed by atoms with Crippen molar-refractivity contribution in [2.24, 2.45) is 0 Å². The van der Waals surface area contributed by atoms with Gasteiger partial charge in [0, 0.05) is 34.6 Å². The van der Waals surface area contributed by atoms with Crippen molar-refractivity contribution in [3.63, 3.8) is 0 Å². The fourth-order valence-electron chi connectivity index (χ4n) is 4.38. The Kier molecular flexibility index (Phi) is 5.65. The molecule has 0 bridgehead atoms. The molecule has 5 heterocycles. The minimum atomic E-state index is -0.313. The van der Waals surface area contributed by atoms with Crippen molar-refractivity contribution in [2.45, 2.75) is 19.8 Å². The lowest BCUT2D eigenvalue weighted by atomic mass is 10.1. The highest BCUT2D eigenvalue weighted by Crippen LogP contribution is 2.32. The molecule has 0 radical (unpaired) electrons. The summed E-state index contributed by atoms with van der Waals surface area (Å²) in [6.45, 7) is 6.18. The van der Waals surface area contributed by atoms with Gasteiger partial charge < -0.3 is 10.3 Å². The lowest BCUT2D eigenvalue weighted by Crippen LogP contribution is -1.98. The first kappa shape index (κ1) is 22.5. The first-order valence-electron chi connectivity index (χ1n) is 11.9. The number of aromatic amines is 2. The Labute approximate surface area is 211 Å². The van der Waals surface area contributed by atoms with Gasteiger partial charge in [-0.15, -0.1) is 0 Å². The summed E-state index contributed by atoms with van der Waals surface area (Å²) < 4.78 is 13.9. The fourth-order valence-corrected chi connectivity index (χ4v) is 4.38. The molecule has 3 N–H and O–H groups in total. The molecule has 182 valence electrons. The van der Waals surface area contributed by atoms with Crippen LogP contribution >= 0.6 is 0 Å². The highest BCUT2D eigenvalue weighted by atomic mass is 19.1. The standard InChI is InChI=1S/C28H23FN8/c1-3-5-16(2)33-20-9-18(11-30-12-20)23-10-21-24(15-32-23)36-37-27(21)28-34-25-14-31-13-22(26(25)35-28)17-6-4-7-19(29)8-17/h4,6-15,33H,2-3,5H2,1H3,(H,34,35)(H,36,37). The smallest absolute Gasteiger partial charge is 0.159 e. The summed E-state index contributed by atoms with van der Waals surface area (Å²) in [6.07, 6.45) is 10.6. The molecule has 5 aromatic heterocycles. The van der Waals surface area contributed by atoms with Crippen molar-refractivity contribution in [3.8, 4) is 33.9 Å². The maximum Gasteiger partial charge on any atom is 0.159 e. The Bertz CT molecular complexity index is 1770. The first-order chi connectivity index (χ1) is 18.1. The molecule has 6 rings (SSSR count). The molecule has 8 nitrogen and oxygen atoms in total. The molecule has 1 aromatic carbocycles. The summed E-state index contributed by atoms with van der Waals surface area (Å²) in [5.74, 6) is 0.264. The summed E-state index contributed by atoms with van der Waals surface area (Å²) >= 11 is 0. The Hall–Kier alpha value is -4.92. The minimum absolute atomic E-state index is 0.313. The number of aromatic nitrogens is 7. The van der Waals surface area contributed by atoms with Crippen molar-refractivity contribution in [1.82, 2.24) is 35.1 Å². The third-order valence-electron chi connectivity index (χ3n) is 6.11. The lowest BCUT2D eigenvalue weighted by molar-refractivity contribution is 0.628. The number of allylic oxidation sites excluding steroid dienone is 1. The van der Waals surface area contributed by atoms with Crippen LogP contribution in [0.25, 0.3) is 55.8 Å². The summed E-state index contributed by atoms with van der Waals surface area (Å²) in [5, 5.41) is 11.7. The van der Waals surface area contributed by atoms with Gasteiger partial charge in [-0.2, -0.15) is 5.10 Å². The number of imidazole rings is 1. The summed E-state index contributed by atoms with van der Waals surface area (Å²) in [4.78, 5) is 21.4. The number of halogens is 1. The van der Waals surface area contributed by atoms with Crippen LogP contribution in [0.5, 0.6) is 0 Å². The normalized spacial score (nSPS) is 11.3. The number of hydrogen-bond donors (Lipinski definition) is 3. The van der Waals surface area contributed by atoms with E-state index in [1.807, 2.05) is 18.2 Å². The number of rotatable bonds is 7. The van der Waals surface area contributed by atoms with Crippen LogP contribution < -0.4 is 5.32 Å². The third-order valence-corrected chi connectivity index (χ3v) is 6.11. The predicted molar refractivity (Wildman–Crippen MR) is 143 cm³/mol. The molecule has 6 aromatic rings. The molecular formula is C28H23FN8. The molecule has 37 heavy (non-hydrogen) atoms. The third kappa shape index (κ3) is 4.31. The van der Waals surface area contributed by atoms with Crippen molar-refractivity contribution in [3.05, 3.63) is 85.5 Å². The van der Waals surface area contributed by atoms with Gasteiger partial charge in [0.25, 0.3) is 0 Å². The van der Waals surface area contributed by atoms with Crippen LogP contribution in [0.1, 0.15) is 19.8 Å². The van der Waals surface area contributed by atoms with Gasteiger partial charge >= 0.3 is 0 Å². The van der Waals surface area contributed by atoms with Gasteiger partial charge in [0.2, 0.25) is 0 Å². The second-order valence-electron chi connectivity index (χ2n) is 8.81. The Morgan fingerprint density at radius 3 is 2.76 bits per heavy atom. The van der Waals surface area contributed by atoms with E-state index in [2.05, 4.69) is 49.0 Å². The van der Waals surface area contributed by atoms with E-state index in [1.54, 1.807) is 37.1 Å². The number of H-pyrrole nitrogens is 2. The zero-order valence-corrected chi connectivity index (χ0v) is 20.1. The van der Waals surface area contributed by atoms with E-state index in [4.69, 9.17) is 4.98 Å². The van der Waals surface area contributed by atoms with Gasteiger partial charge in [0.1, 0.15) is 11.5 Å². The van der Waals surface area contributed by atoms with E-state index < -0.39 is 0 Å². The monoisotopic (exact) mass is 490 g/mol. The topological polar surface area (TPSA) is 108 Å². The molecule has 0 aliphatic rings. The highest BCUT2D eigenvalue weighted by molar-refractivity contribution is 5.97. The van der Waals surface area contributed by atoms with Gasteiger partial charge in [-0.3, -0.25) is 20.1 Å². The maximum atomic E-state index is 13.9. The van der Waals surface area contributed by atoms with Crippen LogP contribution in [0.2, 0.25) is 0 Å². The van der Waals surface area contributed by atoms with E-state index in [0.29, 0.717) is 22.6 Å². The van der Waals surface area contributed by atoms with E-state index in [1.165, 1.54) is 12.1 Å². The highest BCUT2D eigenvalue weighted by Gasteiger charge is 2.17. The van der Waals surface area contributed by atoms with Crippen molar-refractivity contribution in [2.75, 3.05) is 5.32 Å². The van der Waals surface area contributed by atoms with Crippen LogP contribution in [-0.2, 0) is 0 Å². The fraction of sp³-hybridized carbons (Fsp3) is 0.107. The molecule has 0 saturated heterocycles. The minimum Gasteiger partial charge on any atom is -0.358 e. The Balaban J connectivity index is 1.40. The van der Waals surface area contributed by atoms with Crippen LogP contribution in [0.3, 0.4) is 0 Å². The number of hydrogen-bond acceptors (Lipinski definition) is 6. The molecule has 0 saturated carbocycles. The number of benzene rings is 1. The molecule has 0 aliphatic heterocycles. The second-order valence-corrected chi connectivity index (χ2v) is 8.81. The number of pyridine rings is 3. The maximum absolute atomic E-state index is 13.9. The number of nitrogens with one attached hydrogen (secondary N) is 3. The van der Waals surface area contributed by atoms with E-state index in [9.17, 15) is 4.39 Å². The van der Waals surface area contributed by atoms with Gasteiger partial charge in [0.05, 0.1) is 46.5 Å². The number of fused-ring (bicyclic) bond motifs is 2. The number of nitrogens with zero attached hydrogens (tertiary/aromatic N) is 5. The van der Waals surface area contributed by atoms with Crippen molar-refractivity contribution >= 4 is 27.6 Å². The second kappa shape index (κ2) is 9.27. The van der Waals surface area contributed by atoms with E-state index in [0.717, 1.165) is 57.5 Å². The number of anilines is 1.